The van der Waals surface area contributed by atoms with Crippen molar-refractivity contribution >= 4 is 40.5 Å². The highest BCUT2D eigenvalue weighted by Crippen LogP contribution is 2.36. The normalized spacial score (nSPS) is 17.0. The van der Waals surface area contributed by atoms with E-state index in [1.165, 1.54) is 32.9 Å². The zero-order valence-corrected chi connectivity index (χ0v) is 26.6. The first-order valence-electron chi connectivity index (χ1n) is 15.1. The van der Waals surface area contributed by atoms with Gasteiger partial charge < -0.3 is 19.3 Å². The molecule has 6 rings (SSSR count). The Morgan fingerprint density at radius 2 is 1.83 bits per heavy atom. The third-order valence-corrected chi connectivity index (χ3v) is 9.25. The lowest BCUT2D eigenvalue weighted by Gasteiger charge is -2.32. The van der Waals surface area contributed by atoms with Crippen molar-refractivity contribution in [2.24, 2.45) is 4.99 Å². The van der Waals surface area contributed by atoms with Crippen molar-refractivity contribution in [3.8, 4) is 5.75 Å². The number of carbonyl (C=O) groups excluding carboxylic acids is 1. The van der Waals surface area contributed by atoms with Crippen LogP contribution in [0.25, 0.3) is 11.8 Å². The maximum absolute atomic E-state index is 14.4. The molecule has 236 valence electrons. The maximum atomic E-state index is 14.4. The number of quaternary nitrogens is 1. The number of aromatic nitrogens is 1. The molecular formula is C34H34N5O6S+. The van der Waals surface area contributed by atoms with Gasteiger partial charge in [0.15, 0.2) is 4.80 Å². The lowest BCUT2D eigenvalue weighted by molar-refractivity contribution is -0.880. The van der Waals surface area contributed by atoms with E-state index in [-0.39, 0.29) is 23.4 Å². The van der Waals surface area contributed by atoms with Crippen molar-refractivity contribution in [2.45, 2.75) is 13.0 Å². The second kappa shape index (κ2) is 13.1. The molecule has 1 fully saturated rings. The van der Waals surface area contributed by atoms with Crippen LogP contribution in [-0.4, -0.2) is 62.4 Å². The number of nitrogens with zero attached hydrogens (tertiary/aromatic N) is 4. The number of anilines is 1. The first-order valence-corrected chi connectivity index (χ1v) is 15.9. The molecule has 3 aromatic carbocycles. The summed E-state index contributed by atoms with van der Waals surface area (Å²) in [6, 6.07) is 20.5. The number of carbonyl (C=O) groups is 1. The van der Waals surface area contributed by atoms with Gasteiger partial charge in [-0.25, -0.2) is 9.79 Å². The topological polar surface area (TPSA) is 121 Å². The summed E-state index contributed by atoms with van der Waals surface area (Å²) in [7, 11) is 3.71. The molecule has 2 aliphatic rings. The number of hydrogen-bond acceptors (Lipinski definition) is 9. The van der Waals surface area contributed by atoms with Crippen LogP contribution < -0.4 is 29.4 Å². The van der Waals surface area contributed by atoms with Crippen molar-refractivity contribution in [1.82, 2.24) is 4.57 Å². The van der Waals surface area contributed by atoms with Crippen LogP contribution in [0.4, 0.5) is 11.4 Å². The zero-order valence-electron chi connectivity index (χ0n) is 25.8. The number of rotatable bonds is 8. The number of methoxy groups -OCH3 is 1. The number of fused-ring (bicyclic) bond motifs is 1. The van der Waals surface area contributed by atoms with E-state index in [9.17, 15) is 19.7 Å². The van der Waals surface area contributed by atoms with Gasteiger partial charge >= 0.3 is 5.97 Å². The second-order valence-electron chi connectivity index (χ2n) is 11.1. The zero-order chi connectivity index (χ0) is 32.4. The van der Waals surface area contributed by atoms with Crippen LogP contribution in [0, 0.1) is 10.1 Å². The monoisotopic (exact) mass is 640 g/mol. The fraction of sp³-hybridized carbons (Fsp3) is 0.265. The predicted octanol–water partition coefficient (Wildman–Crippen LogP) is 2.19. The van der Waals surface area contributed by atoms with Gasteiger partial charge in [0.2, 0.25) is 0 Å². The number of nitro benzene ring substituents is 1. The minimum absolute atomic E-state index is 0.0606. The van der Waals surface area contributed by atoms with Crippen molar-refractivity contribution in [2.75, 3.05) is 51.8 Å². The molecule has 4 aromatic rings. The van der Waals surface area contributed by atoms with E-state index < -0.39 is 16.9 Å². The highest BCUT2D eigenvalue weighted by molar-refractivity contribution is 7.07. The summed E-state index contributed by atoms with van der Waals surface area (Å²) in [4.78, 5) is 48.3. The van der Waals surface area contributed by atoms with Crippen molar-refractivity contribution in [3.63, 3.8) is 0 Å². The second-order valence-corrected chi connectivity index (χ2v) is 12.2. The number of piperazine rings is 1. The van der Waals surface area contributed by atoms with Gasteiger partial charge in [0.05, 0.1) is 73.7 Å². The SMILES string of the molecule is CCOC(=O)C1=C(c2ccccc2)N=c2s/c(=C/c3cc([N+](=O)[O-])ccc3N3CC[NH+](C)CC3)c(=O)n2[C@@H]1c1ccc(OC)cc1. The van der Waals surface area contributed by atoms with E-state index in [1.807, 2.05) is 42.5 Å². The molecule has 0 bridgehead atoms. The van der Waals surface area contributed by atoms with E-state index >= 15 is 0 Å². The minimum Gasteiger partial charge on any atom is -0.497 e. The first kappa shape index (κ1) is 30.9. The van der Waals surface area contributed by atoms with E-state index in [0.717, 1.165) is 31.9 Å². The lowest BCUT2D eigenvalue weighted by Crippen LogP contribution is -3.12. The van der Waals surface area contributed by atoms with Crippen molar-refractivity contribution in [3.05, 3.63) is 125 Å². The quantitative estimate of drug-likeness (QED) is 0.178. The standard InChI is InChI=1S/C34H33N5O6S/c1-4-45-33(41)29-30(22-8-6-5-7-9-22)35-34-38(31(29)23-10-13-26(44-3)14-11-23)32(40)28(46-34)21-24-20-25(39(42)43)12-15-27(24)37-18-16-36(2)17-19-37/h5-15,20-21,31H,4,16-19H2,1-3H3/p+1/b28-21+/t31-/m1/s1. The van der Waals surface area contributed by atoms with E-state index in [4.69, 9.17) is 14.5 Å². The average Bonchev–Trinajstić information content (AvgIpc) is 3.38. The summed E-state index contributed by atoms with van der Waals surface area (Å²) in [5.41, 5.74) is 3.03. The van der Waals surface area contributed by atoms with Gasteiger partial charge in [-0.3, -0.25) is 19.5 Å². The van der Waals surface area contributed by atoms with Gasteiger partial charge in [-0.15, -0.1) is 0 Å². The van der Waals surface area contributed by atoms with Gasteiger partial charge in [0, 0.05) is 28.9 Å². The van der Waals surface area contributed by atoms with Crippen LogP contribution in [0.5, 0.6) is 5.75 Å². The van der Waals surface area contributed by atoms with Gasteiger partial charge in [-0.1, -0.05) is 53.8 Å². The van der Waals surface area contributed by atoms with Crippen molar-refractivity contribution in [1.29, 1.82) is 0 Å². The third-order valence-electron chi connectivity index (χ3n) is 8.27. The molecule has 12 heteroatoms. The Kier molecular flexibility index (Phi) is 8.82. The van der Waals surface area contributed by atoms with Crippen LogP contribution in [0.15, 0.2) is 88.2 Å². The summed E-state index contributed by atoms with van der Waals surface area (Å²) in [5, 5.41) is 11.8. The van der Waals surface area contributed by atoms with Gasteiger partial charge in [-0.2, -0.15) is 0 Å². The largest absolute Gasteiger partial charge is 0.497 e. The molecule has 0 radical (unpaired) electrons. The van der Waals surface area contributed by atoms with Gasteiger partial charge in [0.1, 0.15) is 5.75 Å². The number of benzene rings is 3. The molecule has 1 N–H and O–H groups in total. The number of non-ortho nitro benzene ring substituents is 1. The molecule has 2 aliphatic heterocycles. The fourth-order valence-electron chi connectivity index (χ4n) is 5.87. The minimum atomic E-state index is -0.844. The maximum Gasteiger partial charge on any atom is 0.338 e. The first-order chi connectivity index (χ1) is 22.3. The van der Waals surface area contributed by atoms with E-state index in [0.29, 0.717) is 37.5 Å². The molecule has 0 aliphatic carbocycles. The lowest BCUT2D eigenvalue weighted by atomic mass is 9.93. The average molecular weight is 641 g/mol. The molecule has 11 nitrogen and oxygen atoms in total. The Hall–Kier alpha value is -5.07. The summed E-state index contributed by atoms with van der Waals surface area (Å²) < 4.78 is 12.8. The number of likely N-dealkylation sites (N-methyl/N-ethyl adjacent to an activating group) is 1. The Morgan fingerprint density at radius 3 is 2.48 bits per heavy atom. The number of esters is 1. The summed E-state index contributed by atoms with van der Waals surface area (Å²) in [5.74, 6) is 0.0585. The summed E-state index contributed by atoms with van der Waals surface area (Å²) >= 11 is 1.18. The highest BCUT2D eigenvalue weighted by atomic mass is 32.1. The molecular weight excluding hydrogens is 606 g/mol. The highest BCUT2D eigenvalue weighted by Gasteiger charge is 2.35. The smallest absolute Gasteiger partial charge is 0.338 e. The van der Waals surface area contributed by atoms with Gasteiger partial charge in [-0.05, 0) is 36.8 Å². The molecule has 1 saturated heterocycles. The Balaban J connectivity index is 1.60. The molecule has 3 heterocycles. The fourth-order valence-corrected chi connectivity index (χ4v) is 6.86. The Labute approximate surface area is 269 Å². The predicted molar refractivity (Wildman–Crippen MR) is 176 cm³/mol. The molecule has 0 saturated carbocycles. The van der Waals surface area contributed by atoms with Crippen LogP contribution in [0.2, 0.25) is 0 Å². The number of thiazole rings is 1. The molecule has 0 unspecified atom stereocenters. The van der Waals surface area contributed by atoms with E-state index in [1.54, 1.807) is 38.3 Å². The summed E-state index contributed by atoms with van der Waals surface area (Å²) in [6.45, 7) is 5.31. The molecule has 46 heavy (non-hydrogen) atoms. The number of ether oxygens (including phenoxy) is 2. The summed E-state index contributed by atoms with van der Waals surface area (Å²) in [6.07, 6.45) is 1.71. The van der Waals surface area contributed by atoms with Crippen LogP contribution in [-0.2, 0) is 9.53 Å². The Bertz CT molecular complexity index is 1990. The molecule has 0 spiro atoms. The number of hydrogen-bond donors (Lipinski definition) is 1. The van der Waals surface area contributed by atoms with Gasteiger partial charge in [0.25, 0.3) is 11.2 Å². The molecule has 0 amide bonds. The van der Waals surface area contributed by atoms with Crippen molar-refractivity contribution < 1.29 is 24.1 Å². The molecule has 1 atom stereocenters. The third kappa shape index (κ3) is 5.96. The van der Waals surface area contributed by atoms with Crippen LogP contribution >= 0.6 is 11.3 Å². The number of nitro groups is 1. The Morgan fingerprint density at radius 1 is 1.11 bits per heavy atom. The number of nitrogens with one attached hydrogen (secondary N) is 1. The van der Waals surface area contributed by atoms with Crippen LogP contribution in [0.3, 0.4) is 0 Å². The molecule has 1 aromatic heterocycles. The van der Waals surface area contributed by atoms with Crippen LogP contribution in [0.1, 0.15) is 29.7 Å². The van der Waals surface area contributed by atoms with E-state index in [2.05, 4.69) is 11.9 Å².